The number of nitrogens with zero attached hydrogens (tertiary/aromatic N) is 3. The zero-order valence-electron chi connectivity index (χ0n) is 15.1. The lowest BCUT2D eigenvalue weighted by Gasteiger charge is -2.25. The molecule has 0 fully saturated rings. The van der Waals surface area contributed by atoms with Crippen LogP contribution in [-0.4, -0.2) is 27.1 Å². The van der Waals surface area contributed by atoms with Crippen molar-refractivity contribution in [2.45, 2.75) is 33.4 Å². The van der Waals surface area contributed by atoms with Crippen LogP contribution in [-0.2, 0) is 6.54 Å². The van der Waals surface area contributed by atoms with Crippen LogP contribution in [0.3, 0.4) is 0 Å². The van der Waals surface area contributed by atoms with E-state index in [-0.39, 0.29) is 18.6 Å². The van der Waals surface area contributed by atoms with Gasteiger partial charge in [0.15, 0.2) is 0 Å². The Morgan fingerprint density at radius 1 is 1.15 bits per heavy atom. The first-order valence-corrected chi connectivity index (χ1v) is 8.55. The van der Waals surface area contributed by atoms with E-state index in [9.17, 15) is 4.79 Å². The number of carbonyl (C=O) groups excluding carboxylic acids is 1. The molecular formula is C20H22N4O2. The second kappa shape index (κ2) is 7.82. The van der Waals surface area contributed by atoms with E-state index in [1.807, 2.05) is 75.4 Å². The first-order valence-electron chi connectivity index (χ1n) is 8.55. The zero-order valence-corrected chi connectivity index (χ0v) is 15.1. The predicted octanol–water partition coefficient (Wildman–Crippen LogP) is 4.49. The molecule has 3 rings (SSSR count). The van der Waals surface area contributed by atoms with Gasteiger partial charge in [0.05, 0.1) is 0 Å². The van der Waals surface area contributed by atoms with E-state index in [0.29, 0.717) is 11.7 Å². The minimum atomic E-state index is -0.204. The maximum absolute atomic E-state index is 12.7. The Bertz CT molecular complexity index is 874. The second-order valence-electron chi connectivity index (χ2n) is 6.40. The Labute approximate surface area is 152 Å². The van der Waals surface area contributed by atoms with Crippen LogP contribution in [0.25, 0.3) is 11.4 Å². The number of nitrogens with one attached hydrogen (secondary N) is 1. The van der Waals surface area contributed by atoms with Crippen LogP contribution in [0.2, 0.25) is 0 Å². The third-order valence-corrected chi connectivity index (χ3v) is 3.96. The lowest BCUT2D eigenvalue weighted by Crippen LogP contribution is -2.39. The van der Waals surface area contributed by atoms with Crippen molar-refractivity contribution in [1.29, 1.82) is 0 Å². The van der Waals surface area contributed by atoms with Crippen LogP contribution in [0.4, 0.5) is 10.5 Å². The number of rotatable bonds is 5. The Morgan fingerprint density at radius 3 is 2.62 bits per heavy atom. The van der Waals surface area contributed by atoms with E-state index in [0.717, 1.165) is 16.8 Å². The van der Waals surface area contributed by atoms with Crippen molar-refractivity contribution < 1.29 is 9.32 Å². The van der Waals surface area contributed by atoms with E-state index < -0.39 is 0 Å². The van der Waals surface area contributed by atoms with Gasteiger partial charge in [0.25, 0.3) is 0 Å². The zero-order chi connectivity index (χ0) is 18.5. The van der Waals surface area contributed by atoms with Crippen LogP contribution >= 0.6 is 0 Å². The van der Waals surface area contributed by atoms with Gasteiger partial charge in [-0.25, -0.2) is 4.79 Å². The molecule has 6 nitrogen and oxygen atoms in total. The van der Waals surface area contributed by atoms with Gasteiger partial charge in [0, 0.05) is 17.3 Å². The Kier molecular flexibility index (Phi) is 5.31. The molecule has 26 heavy (non-hydrogen) atoms. The molecule has 0 saturated heterocycles. The molecule has 0 radical (unpaired) electrons. The Balaban J connectivity index is 1.72. The summed E-state index contributed by atoms with van der Waals surface area (Å²) in [5.41, 5.74) is 2.72. The van der Waals surface area contributed by atoms with Crippen molar-refractivity contribution in [3.63, 3.8) is 0 Å². The van der Waals surface area contributed by atoms with Crippen molar-refractivity contribution in [3.05, 3.63) is 66.1 Å². The summed E-state index contributed by atoms with van der Waals surface area (Å²) in [7, 11) is 0. The third-order valence-electron chi connectivity index (χ3n) is 3.96. The molecule has 134 valence electrons. The van der Waals surface area contributed by atoms with Gasteiger partial charge in [-0.2, -0.15) is 4.98 Å². The SMILES string of the molecule is Cc1cccc(NC(=O)N(Cc2nc(-c3ccccc3)no2)C(C)C)c1. The van der Waals surface area contributed by atoms with E-state index in [2.05, 4.69) is 15.5 Å². The number of aryl methyl sites for hydroxylation is 1. The van der Waals surface area contributed by atoms with Crippen LogP contribution in [0.15, 0.2) is 59.1 Å². The lowest BCUT2D eigenvalue weighted by molar-refractivity contribution is 0.182. The maximum atomic E-state index is 12.7. The number of anilines is 1. The number of carbonyl (C=O) groups is 1. The molecule has 0 bridgehead atoms. The van der Waals surface area contributed by atoms with Gasteiger partial charge in [-0.1, -0.05) is 47.6 Å². The summed E-state index contributed by atoms with van der Waals surface area (Å²) in [5, 5.41) is 6.93. The molecule has 2 aromatic carbocycles. The first kappa shape index (κ1) is 17.7. The summed E-state index contributed by atoms with van der Waals surface area (Å²) in [6.07, 6.45) is 0. The average Bonchev–Trinajstić information content (AvgIpc) is 3.09. The van der Waals surface area contributed by atoms with E-state index >= 15 is 0 Å². The Hall–Kier alpha value is -3.15. The standard InChI is InChI=1S/C20H22N4O2/c1-14(2)24(20(25)21-17-11-7-8-15(3)12-17)13-18-22-19(23-26-18)16-9-5-4-6-10-16/h4-12,14H,13H2,1-3H3,(H,21,25). The van der Waals surface area contributed by atoms with Gasteiger partial charge in [-0.15, -0.1) is 0 Å². The summed E-state index contributed by atoms with van der Waals surface area (Å²) < 4.78 is 5.34. The number of urea groups is 1. The number of hydrogen-bond donors (Lipinski definition) is 1. The molecule has 1 N–H and O–H groups in total. The van der Waals surface area contributed by atoms with Gasteiger partial charge in [0.2, 0.25) is 11.7 Å². The highest BCUT2D eigenvalue weighted by Gasteiger charge is 2.21. The van der Waals surface area contributed by atoms with Gasteiger partial charge < -0.3 is 14.7 Å². The van der Waals surface area contributed by atoms with E-state index in [1.54, 1.807) is 4.90 Å². The lowest BCUT2D eigenvalue weighted by atomic mass is 10.2. The fourth-order valence-electron chi connectivity index (χ4n) is 2.58. The van der Waals surface area contributed by atoms with Gasteiger partial charge in [-0.3, -0.25) is 0 Å². The fraction of sp³-hybridized carbons (Fsp3) is 0.250. The maximum Gasteiger partial charge on any atom is 0.322 e. The molecule has 3 aromatic rings. The molecule has 0 atom stereocenters. The summed E-state index contributed by atoms with van der Waals surface area (Å²) in [6, 6.07) is 17.1. The molecule has 0 aliphatic carbocycles. The van der Waals surface area contributed by atoms with Crippen molar-refractivity contribution in [2.24, 2.45) is 0 Å². The highest BCUT2D eigenvalue weighted by Crippen LogP contribution is 2.17. The topological polar surface area (TPSA) is 71.3 Å². The second-order valence-corrected chi connectivity index (χ2v) is 6.40. The Morgan fingerprint density at radius 2 is 1.92 bits per heavy atom. The first-order chi connectivity index (χ1) is 12.5. The molecule has 0 unspecified atom stereocenters. The highest BCUT2D eigenvalue weighted by molar-refractivity contribution is 5.89. The van der Waals surface area contributed by atoms with Crippen LogP contribution < -0.4 is 5.32 Å². The summed E-state index contributed by atoms with van der Waals surface area (Å²) in [6.45, 7) is 6.13. The smallest absolute Gasteiger partial charge is 0.322 e. The molecule has 0 aliphatic heterocycles. The van der Waals surface area contributed by atoms with Gasteiger partial charge in [-0.05, 0) is 38.5 Å². The van der Waals surface area contributed by atoms with Crippen molar-refractivity contribution in [3.8, 4) is 11.4 Å². The van der Waals surface area contributed by atoms with Crippen molar-refractivity contribution in [1.82, 2.24) is 15.0 Å². The minimum Gasteiger partial charge on any atom is -0.337 e. The molecule has 6 heteroatoms. The summed E-state index contributed by atoms with van der Waals surface area (Å²) in [4.78, 5) is 18.7. The van der Waals surface area contributed by atoms with E-state index in [4.69, 9.17) is 4.52 Å². The summed E-state index contributed by atoms with van der Waals surface area (Å²) in [5.74, 6) is 0.917. The molecule has 1 aromatic heterocycles. The number of amides is 2. The fourth-order valence-corrected chi connectivity index (χ4v) is 2.58. The van der Waals surface area contributed by atoms with Crippen LogP contribution in [0.1, 0.15) is 25.3 Å². The quantitative estimate of drug-likeness (QED) is 0.736. The average molecular weight is 350 g/mol. The van der Waals surface area contributed by atoms with Gasteiger partial charge >= 0.3 is 6.03 Å². The molecule has 2 amide bonds. The monoisotopic (exact) mass is 350 g/mol. The number of benzene rings is 2. The minimum absolute atomic E-state index is 0.0214. The number of hydrogen-bond acceptors (Lipinski definition) is 4. The normalized spacial score (nSPS) is 10.8. The van der Waals surface area contributed by atoms with E-state index in [1.165, 1.54) is 0 Å². The summed E-state index contributed by atoms with van der Waals surface area (Å²) >= 11 is 0. The molecule has 0 saturated carbocycles. The van der Waals surface area contributed by atoms with Crippen molar-refractivity contribution >= 4 is 11.7 Å². The van der Waals surface area contributed by atoms with Crippen molar-refractivity contribution in [2.75, 3.05) is 5.32 Å². The number of aromatic nitrogens is 2. The third kappa shape index (κ3) is 4.27. The molecule has 0 spiro atoms. The largest absolute Gasteiger partial charge is 0.337 e. The van der Waals surface area contributed by atoms with Crippen LogP contribution in [0.5, 0.6) is 0 Å². The molecule has 0 aliphatic rings. The predicted molar refractivity (Wildman–Crippen MR) is 101 cm³/mol. The highest BCUT2D eigenvalue weighted by atomic mass is 16.5. The van der Waals surface area contributed by atoms with Gasteiger partial charge in [0.1, 0.15) is 6.54 Å². The molecule has 1 heterocycles. The molecular weight excluding hydrogens is 328 g/mol. The van der Waals surface area contributed by atoms with Crippen LogP contribution in [0, 0.1) is 6.92 Å².